The van der Waals surface area contributed by atoms with Gasteiger partial charge in [0, 0.05) is 43.5 Å². The number of hydrogen-bond donors (Lipinski definition) is 2. The topological polar surface area (TPSA) is 57.0 Å². The van der Waals surface area contributed by atoms with Gasteiger partial charge >= 0.3 is 11.9 Å². The fraction of sp³-hybridized carbons (Fsp3) is 0.759. The number of likely N-dealkylation sites (tertiary alicyclic amines) is 1. The predicted molar refractivity (Wildman–Crippen MR) is 145 cm³/mol. The maximum atomic E-state index is 14.3. The molecular weight excluding hydrogens is 524 g/mol. The monoisotopic (exact) mass is 566 g/mol. The zero-order chi connectivity index (χ0) is 28.4. The second-order valence-corrected chi connectivity index (χ2v) is 13.4. The molecule has 4 fully saturated rings. The molecule has 11 heteroatoms. The average molecular weight is 567 g/mol. The molecule has 3 atom stereocenters. The number of hydrogen-bond acceptors (Lipinski definition) is 5. The van der Waals surface area contributed by atoms with Gasteiger partial charge in [-0.1, -0.05) is 13.3 Å². The number of piperidine rings is 1. The van der Waals surface area contributed by atoms with Crippen molar-refractivity contribution in [2.45, 2.75) is 95.8 Å². The van der Waals surface area contributed by atoms with Crippen molar-refractivity contribution in [1.29, 1.82) is 0 Å². The normalized spacial score (nSPS) is 33.9. The molecule has 0 spiro atoms. The van der Waals surface area contributed by atoms with Crippen molar-refractivity contribution in [1.82, 2.24) is 29.6 Å². The Bertz CT molecular complexity index is 1290. The number of nitrogens with one attached hydrogen (secondary N) is 2. The van der Waals surface area contributed by atoms with Crippen molar-refractivity contribution in [2.24, 2.45) is 17.3 Å². The van der Waals surface area contributed by atoms with Gasteiger partial charge in [-0.2, -0.15) is 13.2 Å². The first-order chi connectivity index (χ1) is 18.9. The van der Waals surface area contributed by atoms with Crippen molar-refractivity contribution in [3.8, 4) is 0 Å². The molecule has 0 bridgehead atoms. The molecule has 0 aromatic carbocycles. The summed E-state index contributed by atoms with van der Waals surface area (Å²) in [6.07, 6.45) is 5.15. The Hall–Kier alpha value is -1.95. The quantitative estimate of drug-likeness (QED) is 0.504. The molecule has 40 heavy (non-hydrogen) atoms. The lowest BCUT2D eigenvalue weighted by Crippen LogP contribution is -2.60. The highest BCUT2D eigenvalue weighted by molar-refractivity contribution is 5.56. The van der Waals surface area contributed by atoms with Crippen LogP contribution in [-0.2, 0) is 12.7 Å². The van der Waals surface area contributed by atoms with E-state index in [1.165, 1.54) is 16.7 Å². The van der Waals surface area contributed by atoms with Crippen LogP contribution in [0.3, 0.4) is 0 Å². The summed E-state index contributed by atoms with van der Waals surface area (Å²) in [6, 6.07) is 1.04. The third-order valence-corrected chi connectivity index (χ3v) is 10.3. The molecule has 0 amide bonds. The zero-order valence-corrected chi connectivity index (χ0v) is 23.7. The van der Waals surface area contributed by atoms with Gasteiger partial charge in [-0.25, -0.2) is 20.0 Å². The van der Waals surface area contributed by atoms with Crippen LogP contribution in [0.4, 0.5) is 17.6 Å². The molecule has 4 heterocycles. The Morgan fingerprint density at radius 2 is 1.85 bits per heavy atom. The van der Waals surface area contributed by atoms with E-state index < -0.39 is 23.1 Å². The van der Waals surface area contributed by atoms with Crippen LogP contribution in [0.5, 0.6) is 0 Å². The second-order valence-electron chi connectivity index (χ2n) is 13.4. The van der Waals surface area contributed by atoms with Crippen LogP contribution >= 0.6 is 0 Å². The molecule has 2 saturated heterocycles. The summed E-state index contributed by atoms with van der Waals surface area (Å²) in [5.41, 5.74) is 4.74. The van der Waals surface area contributed by atoms with Gasteiger partial charge in [-0.3, -0.25) is 18.8 Å². The number of imidazole rings is 1. The SMILES string of the molecule is CC1CC(C2CCCC(n3cc4c(C(F)(F)F)cc(CN5CCC(C)(F)CC5)cn4c3=O)C2)(C2NNCN2C)C1. The molecule has 4 aliphatic rings. The Morgan fingerprint density at radius 1 is 1.12 bits per heavy atom. The molecule has 3 unspecified atom stereocenters. The van der Waals surface area contributed by atoms with Crippen LogP contribution in [0.15, 0.2) is 23.3 Å². The minimum atomic E-state index is -4.59. The van der Waals surface area contributed by atoms with E-state index in [9.17, 15) is 22.4 Å². The number of alkyl halides is 4. The first-order valence-electron chi connectivity index (χ1n) is 14.8. The molecule has 2 aliphatic carbocycles. The zero-order valence-electron chi connectivity index (χ0n) is 23.7. The summed E-state index contributed by atoms with van der Waals surface area (Å²) >= 11 is 0. The number of halogens is 4. The number of fused-ring (bicyclic) bond motifs is 1. The van der Waals surface area contributed by atoms with E-state index in [1.54, 1.807) is 17.7 Å². The van der Waals surface area contributed by atoms with E-state index in [1.807, 2.05) is 4.90 Å². The maximum absolute atomic E-state index is 14.3. The molecule has 0 radical (unpaired) electrons. The lowest BCUT2D eigenvalue weighted by atomic mass is 9.51. The lowest BCUT2D eigenvalue weighted by molar-refractivity contribution is -0.136. The number of pyridine rings is 1. The van der Waals surface area contributed by atoms with Crippen LogP contribution in [0.2, 0.25) is 0 Å². The van der Waals surface area contributed by atoms with Crippen LogP contribution in [-0.4, -0.2) is 57.4 Å². The number of nitrogens with zero attached hydrogens (tertiary/aromatic N) is 4. The number of rotatable bonds is 5. The van der Waals surface area contributed by atoms with Crippen molar-refractivity contribution in [3.63, 3.8) is 0 Å². The van der Waals surface area contributed by atoms with Crippen LogP contribution in [0.25, 0.3) is 5.52 Å². The van der Waals surface area contributed by atoms with Gasteiger partial charge in [0.15, 0.2) is 0 Å². The van der Waals surface area contributed by atoms with Gasteiger partial charge in [0.05, 0.1) is 23.9 Å². The minimum Gasteiger partial charge on any atom is -0.299 e. The fourth-order valence-corrected chi connectivity index (χ4v) is 8.28. The molecule has 2 aromatic heterocycles. The number of aromatic nitrogens is 2. The van der Waals surface area contributed by atoms with E-state index >= 15 is 0 Å². The fourth-order valence-electron chi connectivity index (χ4n) is 8.28. The molecule has 7 nitrogen and oxygen atoms in total. The van der Waals surface area contributed by atoms with Gasteiger partial charge < -0.3 is 0 Å². The van der Waals surface area contributed by atoms with Crippen molar-refractivity contribution in [2.75, 3.05) is 26.8 Å². The molecule has 2 N–H and O–H groups in total. The van der Waals surface area contributed by atoms with E-state index in [4.69, 9.17) is 0 Å². The van der Waals surface area contributed by atoms with E-state index in [-0.39, 0.29) is 29.7 Å². The third kappa shape index (κ3) is 5.01. The van der Waals surface area contributed by atoms with Crippen molar-refractivity contribution < 1.29 is 17.6 Å². The van der Waals surface area contributed by atoms with E-state index in [0.29, 0.717) is 43.3 Å². The largest absolute Gasteiger partial charge is 0.418 e. The molecule has 2 aliphatic heterocycles. The smallest absolute Gasteiger partial charge is 0.299 e. The summed E-state index contributed by atoms with van der Waals surface area (Å²) in [5.74, 6) is 1.03. The van der Waals surface area contributed by atoms with Gasteiger partial charge in [0.25, 0.3) is 0 Å². The Labute approximate surface area is 232 Å². The second kappa shape index (κ2) is 10.1. The highest BCUT2D eigenvalue weighted by Gasteiger charge is 2.56. The summed E-state index contributed by atoms with van der Waals surface area (Å²) in [4.78, 5) is 18.0. The summed E-state index contributed by atoms with van der Waals surface area (Å²) in [7, 11) is 2.12. The standard InChI is InChI=1S/C29H42F4N6O/c1-19-13-28(14-19,25-35-34-18-36(25)3)21-5-4-6-22(12-21)38-17-24-23(29(31,32)33)11-20(16-39(24)26(38)40)15-37-9-7-27(2,30)8-10-37/h11,16-17,19,21-22,25,34-35H,4-10,12-15,18H2,1-3H3. The molecule has 2 saturated carbocycles. The summed E-state index contributed by atoms with van der Waals surface area (Å²) < 4.78 is 59.9. The van der Waals surface area contributed by atoms with Crippen LogP contribution in [0.1, 0.15) is 82.4 Å². The van der Waals surface area contributed by atoms with Crippen molar-refractivity contribution in [3.05, 3.63) is 40.1 Å². The first-order valence-corrected chi connectivity index (χ1v) is 14.8. The van der Waals surface area contributed by atoms with E-state index in [2.05, 4.69) is 29.7 Å². The van der Waals surface area contributed by atoms with Crippen LogP contribution < -0.4 is 16.5 Å². The Balaban J connectivity index is 1.30. The molecule has 2 aromatic rings. The minimum absolute atomic E-state index is 0.0908. The maximum Gasteiger partial charge on any atom is 0.418 e. The van der Waals surface area contributed by atoms with Gasteiger partial charge in [-0.15, -0.1) is 0 Å². The summed E-state index contributed by atoms with van der Waals surface area (Å²) in [6.45, 7) is 5.84. The van der Waals surface area contributed by atoms with Crippen molar-refractivity contribution >= 4 is 5.52 Å². The molecule has 6 rings (SSSR count). The van der Waals surface area contributed by atoms with Gasteiger partial charge in [0.1, 0.15) is 5.67 Å². The molecular formula is C29H42F4N6O. The van der Waals surface area contributed by atoms with E-state index in [0.717, 1.165) is 45.2 Å². The summed E-state index contributed by atoms with van der Waals surface area (Å²) in [5, 5.41) is 0. The Kier molecular flexibility index (Phi) is 7.12. The molecule has 222 valence electrons. The van der Waals surface area contributed by atoms with Gasteiger partial charge in [0.2, 0.25) is 0 Å². The van der Waals surface area contributed by atoms with Crippen LogP contribution in [0, 0.1) is 17.3 Å². The lowest BCUT2D eigenvalue weighted by Gasteiger charge is -2.57. The van der Waals surface area contributed by atoms with Gasteiger partial charge in [-0.05, 0) is 82.4 Å². The average Bonchev–Trinajstić information content (AvgIpc) is 3.45. The highest BCUT2D eigenvalue weighted by atomic mass is 19.4. The highest BCUT2D eigenvalue weighted by Crippen LogP contribution is 2.58. The number of hydrazine groups is 1. The third-order valence-electron chi connectivity index (χ3n) is 10.3. The first kappa shape index (κ1) is 28.2. The Morgan fingerprint density at radius 3 is 2.48 bits per heavy atom. The predicted octanol–water partition coefficient (Wildman–Crippen LogP) is 4.91.